The van der Waals surface area contributed by atoms with Gasteiger partial charge in [0, 0.05) is 24.7 Å². The molecule has 4 heteroatoms. The summed E-state index contributed by atoms with van der Waals surface area (Å²) in [6.07, 6.45) is 10.3. The van der Waals surface area contributed by atoms with Crippen molar-refractivity contribution in [1.82, 2.24) is 0 Å². The Balaban J connectivity index is 1.53. The van der Waals surface area contributed by atoms with Gasteiger partial charge in [-0.1, -0.05) is 26.3 Å². The Morgan fingerprint density at radius 3 is 2.40 bits per heavy atom. The van der Waals surface area contributed by atoms with Gasteiger partial charge in [0.05, 0.1) is 0 Å². The molecule has 0 amide bonds. The first-order valence-electron chi connectivity index (χ1n) is 12.1. The summed E-state index contributed by atoms with van der Waals surface area (Å²) < 4.78 is 6.04. The Hall–Kier alpha value is -1.45. The summed E-state index contributed by atoms with van der Waals surface area (Å²) in [4.78, 5) is 37.9. The van der Waals surface area contributed by atoms with Crippen LogP contribution >= 0.6 is 0 Å². The Morgan fingerprint density at radius 2 is 1.73 bits per heavy atom. The van der Waals surface area contributed by atoms with E-state index in [0.717, 1.165) is 44.9 Å². The van der Waals surface area contributed by atoms with Gasteiger partial charge in [0.15, 0.2) is 17.2 Å². The van der Waals surface area contributed by atoms with Crippen LogP contribution in [0.2, 0.25) is 0 Å². The third-order valence-electron chi connectivity index (χ3n) is 10.1. The summed E-state index contributed by atoms with van der Waals surface area (Å²) in [7, 11) is 0. The number of hydrogen-bond donors (Lipinski definition) is 0. The molecule has 4 fully saturated rings. The Labute approximate surface area is 180 Å². The van der Waals surface area contributed by atoms with Crippen molar-refractivity contribution in [3.05, 3.63) is 11.6 Å². The molecule has 0 aromatic carbocycles. The van der Waals surface area contributed by atoms with Gasteiger partial charge in [-0.15, -0.1) is 0 Å². The van der Waals surface area contributed by atoms with E-state index in [9.17, 15) is 14.4 Å². The van der Waals surface area contributed by atoms with Crippen molar-refractivity contribution in [1.29, 1.82) is 0 Å². The van der Waals surface area contributed by atoms with Crippen LogP contribution in [0, 0.1) is 40.4 Å². The zero-order chi connectivity index (χ0) is 21.5. The summed E-state index contributed by atoms with van der Waals surface area (Å²) in [5.41, 5.74) is 0.298. The molecule has 4 nitrogen and oxygen atoms in total. The van der Waals surface area contributed by atoms with E-state index < -0.39 is 5.60 Å². The van der Waals surface area contributed by atoms with E-state index in [2.05, 4.69) is 20.8 Å². The second-order valence-electron chi connectivity index (χ2n) is 11.6. The van der Waals surface area contributed by atoms with E-state index >= 15 is 0 Å². The maximum Gasteiger partial charge on any atom is 0.303 e. The lowest BCUT2D eigenvalue weighted by Crippen LogP contribution is -2.60. The fourth-order valence-corrected chi connectivity index (χ4v) is 8.53. The molecule has 0 bridgehead atoms. The van der Waals surface area contributed by atoms with Crippen molar-refractivity contribution < 1.29 is 19.1 Å². The molecule has 30 heavy (non-hydrogen) atoms. The van der Waals surface area contributed by atoms with Crippen LogP contribution in [-0.4, -0.2) is 23.1 Å². The lowest BCUT2D eigenvalue weighted by Gasteiger charge is -2.60. The predicted octanol–water partition coefficient (Wildman–Crippen LogP) is 5.05. The first-order valence-corrected chi connectivity index (χ1v) is 12.1. The number of ketones is 2. The second kappa shape index (κ2) is 6.53. The number of carbonyl (C=O) groups excluding carboxylic acids is 3. The minimum Gasteiger partial charge on any atom is -0.451 e. The molecule has 7 unspecified atom stereocenters. The normalized spacial score (nSPS) is 47.6. The molecule has 164 valence electrons. The van der Waals surface area contributed by atoms with Gasteiger partial charge in [-0.2, -0.15) is 0 Å². The van der Waals surface area contributed by atoms with Gasteiger partial charge < -0.3 is 4.74 Å². The maximum absolute atomic E-state index is 13.6. The molecule has 5 aliphatic carbocycles. The first-order chi connectivity index (χ1) is 14.1. The van der Waals surface area contributed by atoms with Crippen molar-refractivity contribution in [2.24, 2.45) is 40.4 Å². The highest BCUT2D eigenvalue weighted by Crippen LogP contribution is 2.69. The van der Waals surface area contributed by atoms with Crippen molar-refractivity contribution in [2.45, 2.75) is 91.1 Å². The summed E-state index contributed by atoms with van der Waals surface area (Å²) in [6, 6.07) is 0. The topological polar surface area (TPSA) is 60.4 Å². The van der Waals surface area contributed by atoms with Gasteiger partial charge in [-0.3, -0.25) is 14.4 Å². The number of Topliss-reactive ketones (excluding diaryl/α,β-unsaturated/α-hetero) is 1. The van der Waals surface area contributed by atoms with Crippen LogP contribution in [0.1, 0.15) is 85.5 Å². The molecule has 5 aliphatic rings. The lowest BCUT2D eigenvalue weighted by molar-refractivity contribution is -0.189. The SMILES string of the molecule is CC(=O)OC1(C(=O)C2CC2)CCC2C3CC(C)C4=CC(=O)CCC4(C)C3CCC21C. The molecule has 0 aromatic heterocycles. The molecule has 0 heterocycles. The van der Waals surface area contributed by atoms with Crippen molar-refractivity contribution in [3.8, 4) is 0 Å². The second-order valence-corrected chi connectivity index (χ2v) is 11.6. The fraction of sp³-hybridized carbons (Fsp3) is 0.808. The van der Waals surface area contributed by atoms with Crippen LogP contribution in [0.5, 0.6) is 0 Å². The number of carbonyl (C=O) groups is 3. The lowest BCUT2D eigenvalue weighted by atomic mass is 9.44. The molecule has 0 spiro atoms. The molecule has 0 saturated heterocycles. The zero-order valence-electron chi connectivity index (χ0n) is 19.0. The van der Waals surface area contributed by atoms with Crippen LogP contribution in [0.25, 0.3) is 0 Å². The molecule has 0 aromatic rings. The number of fused-ring (bicyclic) bond motifs is 5. The van der Waals surface area contributed by atoms with E-state index in [4.69, 9.17) is 4.74 Å². The zero-order valence-corrected chi connectivity index (χ0v) is 19.0. The average molecular weight is 413 g/mol. The van der Waals surface area contributed by atoms with Crippen LogP contribution in [-0.2, 0) is 19.1 Å². The van der Waals surface area contributed by atoms with E-state index in [1.165, 1.54) is 12.5 Å². The predicted molar refractivity (Wildman–Crippen MR) is 113 cm³/mol. The van der Waals surface area contributed by atoms with E-state index in [1.54, 1.807) is 0 Å². The molecule has 0 aliphatic heterocycles. The van der Waals surface area contributed by atoms with E-state index in [-0.39, 0.29) is 34.3 Å². The average Bonchev–Trinajstić information content (AvgIpc) is 3.47. The molecule has 0 N–H and O–H groups in total. The van der Waals surface area contributed by atoms with E-state index in [0.29, 0.717) is 36.5 Å². The standard InChI is InChI=1S/C26H36O4/c1-15-13-19-20(24(3)10-7-18(28)14-22(15)24)8-11-25(4)21(19)9-12-26(25,30-16(2)27)23(29)17-5-6-17/h14-15,17,19-21H,5-13H2,1-4H3. The number of rotatable bonds is 3. The van der Waals surface area contributed by atoms with Crippen LogP contribution in [0.15, 0.2) is 11.6 Å². The maximum atomic E-state index is 13.6. The van der Waals surface area contributed by atoms with Crippen molar-refractivity contribution in [2.75, 3.05) is 0 Å². The smallest absolute Gasteiger partial charge is 0.303 e. The van der Waals surface area contributed by atoms with Gasteiger partial charge in [-0.25, -0.2) is 0 Å². The highest BCUT2D eigenvalue weighted by molar-refractivity contribution is 5.94. The number of hydrogen-bond acceptors (Lipinski definition) is 4. The van der Waals surface area contributed by atoms with Crippen LogP contribution in [0.4, 0.5) is 0 Å². The highest BCUT2D eigenvalue weighted by atomic mass is 16.6. The molecular weight excluding hydrogens is 376 g/mol. The summed E-state index contributed by atoms with van der Waals surface area (Å²) in [5, 5.41) is 0. The third kappa shape index (κ3) is 2.61. The van der Waals surface area contributed by atoms with Gasteiger partial charge in [-0.05, 0) is 86.5 Å². The van der Waals surface area contributed by atoms with Gasteiger partial charge in [0.1, 0.15) is 0 Å². The largest absolute Gasteiger partial charge is 0.451 e. The highest BCUT2D eigenvalue weighted by Gasteiger charge is 2.70. The van der Waals surface area contributed by atoms with Crippen molar-refractivity contribution in [3.63, 3.8) is 0 Å². The number of ether oxygens (including phenoxy) is 1. The Kier molecular flexibility index (Phi) is 4.45. The summed E-state index contributed by atoms with van der Waals surface area (Å²) in [6.45, 7) is 8.40. The van der Waals surface area contributed by atoms with E-state index in [1.807, 2.05) is 6.08 Å². The van der Waals surface area contributed by atoms with Gasteiger partial charge >= 0.3 is 5.97 Å². The minimum atomic E-state index is -0.918. The molecule has 5 rings (SSSR count). The number of esters is 1. The van der Waals surface area contributed by atoms with Crippen LogP contribution < -0.4 is 0 Å². The molecular formula is C26H36O4. The monoisotopic (exact) mass is 412 g/mol. The minimum absolute atomic E-state index is 0.0966. The summed E-state index contributed by atoms with van der Waals surface area (Å²) >= 11 is 0. The summed E-state index contributed by atoms with van der Waals surface area (Å²) in [5.74, 6) is 2.21. The third-order valence-corrected chi connectivity index (χ3v) is 10.1. The molecule has 4 saturated carbocycles. The van der Waals surface area contributed by atoms with Crippen molar-refractivity contribution >= 4 is 17.5 Å². The van der Waals surface area contributed by atoms with Crippen LogP contribution in [0.3, 0.4) is 0 Å². The Bertz CT molecular complexity index is 838. The first kappa shape index (κ1) is 20.5. The quantitative estimate of drug-likeness (QED) is 0.609. The van der Waals surface area contributed by atoms with Gasteiger partial charge in [0.25, 0.3) is 0 Å². The van der Waals surface area contributed by atoms with Gasteiger partial charge in [0.2, 0.25) is 0 Å². The number of allylic oxidation sites excluding steroid dienone is 1. The molecule has 0 radical (unpaired) electrons. The molecule has 7 atom stereocenters. The Morgan fingerprint density at radius 1 is 1.03 bits per heavy atom. The fourth-order valence-electron chi connectivity index (χ4n) is 8.53.